The number of aryl methyl sites for hydroxylation is 3. The van der Waals surface area contributed by atoms with Crippen LogP contribution in [0.3, 0.4) is 0 Å². The van der Waals surface area contributed by atoms with Crippen LogP contribution in [0.1, 0.15) is 32.7 Å². The Morgan fingerprint density at radius 1 is 1.00 bits per heavy atom. The summed E-state index contributed by atoms with van der Waals surface area (Å²) in [6.45, 7) is 6.60. The summed E-state index contributed by atoms with van der Waals surface area (Å²) >= 11 is 0. The molecule has 0 radical (unpaired) electrons. The Kier molecular flexibility index (Phi) is 5.89. The molecule has 0 atom stereocenters. The maximum absolute atomic E-state index is 12.5. The largest absolute Gasteiger partial charge is 0.497 e. The van der Waals surface area contributed by atoms with Crippen LogP contribution in [-0.2, 0) is 6.54 Å². The lowest BCUT2D eigenvalue weighted by Crippen LogP contribution is -2.16. The average Bonchev–Trinajstić information content (AvgIpc) is 2.69. The van der Waals surface area contributed by atoms with E-state index in [1.807, 2.05) is 57.2 Å². The maximum atomic E-state index is 12.5. The smallest absolute Gasteiger partial charge is 0.275 e. The number of hydrogen-bond donors (Lipinski definition) is 2. The van der Waals surface area contributed by atoms with E-state index in [1.165, 1.54) is 11.8 Å². The molecule has 144 valence electrons. The van der Waals surface area contributed by atoms with E-state index in [2.05, 4.69) is 20.6 Å². The molecule has 0 bridgehead atoms. The van der Waals surface area contributed by atoms with Gasteiger partial charge in [0.25, 0.3) is 5.91 Å². The monoisotopic (exact) mass is 376 g/mol. The van der Waals surface area contributed by atoms with Crippen LogP contribution in [0.15, 0.2) is 48.8 Å². The maximum Gasteiger partial charge on any atom is 0.275 e. The Bertz CT molecular complexity index is 944. The highest BCUT2D eigenvalue weighted by Gasteiger charge is 2.12. The summed E-state index contributed by atoms with van der Waals surface area (Å²) in [5.41, 5.74) is 5.40. The van der Waals surface area contributed by atoms with Crippen molar-refractivity contribution in [3.05, 3.63) is 76.7 Å². The van der Waals surface area contributed by atoms with Crippen molar-refractivity contribution in [1.29, 1.82) is 0 Å². The highest BCUT2D eigenvalue weighted by molar-refractivity contribution is 6.03. The fraction of sp³-hybridized carbons (Fsp3) is 0.227. The predicted octanol–water partition coefficient (Wildman–Crippen LogP) is 4.27. The van der Waals surface area contributed by atoms with Gasteiger partial charge in [-0.3, -0.25) is 4.79 Å². The molecule has 0 fully saturated rings. The van der Waals surface area contributed by atoms with Crippen molar-refractivity contribution in [2.75, 3.05) is 17.7 Å². The molecule has 1 aromatic heterocycles. The summed E-state index contributed by atoms with van der Waals surface area (Å²) in [5, 5.41) is 6.13. The third-order valence-electron chi connectivity index (χ3n) is 4.43. The lowest BCUT2D eigenvalue weighted by atomic mass is 10.1. The van der Waals surface area contributed by atoms with Gasteiger partial charge in [0.1, 0.15) is 17.3 Å². The molecule has 2 aromatic carbocycles. The summed E-state index contributed by atoms with van der Waals surface area (Å²) < 4.78 is 5.15. The zero-order chi connectivity index (χ0) is 20.1. The Morgan fingerprint density at radius 3 is 2.25 bits per heavy atom. The quantitative estimate of drug-likeness (QED) is 0.672. The minimum atomic E-state index is -0.274. The van der Waals surface area contributed by atoms with Crippen LogP contribution >= 0.6 is 0 Å². The second-order valence-electron chi connectivity index (χ2n) is 6.72. The summed E-state index contributed by atoms with van der Waals surface area (Å²) in [7, 11) is 1.64. The number of methoxy groups -OCH3 is 1. The molecule has 1 heterocycles. The third-order valence-corrected chi connectivity index (χ3v) is 4.43. The van der Waals surface area contributed by atoms with Gasteiger partial charge in [-0.15, -0.1) is 0 Å². The van der Waals surface area contributed by atoms with Crippen LogP contribution in [-0.4, -0.2) is 23.0 Å². The van der Waals surface area contributed by atoms with Crippen molar-refractivity contribution in [2.24, 2.45) is 0 Å². The van der Waals surface area contributed by atoms with Crippen LogP contribution in [0.4, 0.5) is 11.5 Å². The first-order valence-corrected chi connectivity index (χ1v) is 9.04. The van der Waals surface area contributed by atoms with Gasteiger partial charge in [-0.05, 0) is 49.6 Å². The normalized spacial score (nSPS) is 10.4. The molecule has 0 aliphatic carbocycles. The molecule has 1 amide bonds. The van der Waals surface area contributed by atoms with Crippen LogP contribution in [0, 0.1) is 20.8 Å². The highest BCUT2D eigenvalue weighted by atomic mass is 16.5. The molecule has 28 heavy (non-hydrogen) atoms. The number of amides is 1. The van der Waals surface area contributed by atoms with Gasteiger partial charge in [-0.1, -0.05) is 29.8 Å². The topological polar surface area (TPSA) is 76.1 Å². The average molecular weight is 376 g/mol. The first-order valence-electron chi connectivity index (χ1n) is 9.04. The Labute approximate surface area is 165 Å². The summed E-state index contributed by atoms with van der Waals surface area (Å²) in [4.78, 5) is 21.0. The predicted molar refractivity (Wildman–Crippen MR) is 111 cm³/mol. The minimum Gasteiger partial charge on any atom is -0.497 e. The molecule has 0 saturated heterocycles. The Balaban J connectivity index is 1.62. The zero-order valence-corrected chi connectivity index (χ0v) is 16.5. The van der Waals surface area contributed by atoms with Gasteiger partial charge in [-0.2, -0.15) is 0 Å². The van der Waals surface area contributed by atoms with E-state index in [9.17, 15) is 4.79 Å². The number of carbonyl (C=O) groups excluding carboxylic acids is 1. The number of hydrogen-bond acceptors (Lipinski definition) is 5. The number of benzene rings is 2. The standard InChI is InChI=1S/C22H24N4O2/c1-14-9-15(2)21(16(3)10-14)26-22(27)19-12-25-20(13-23-19)24-11-17-5-7-18(28-4)8-6-17/h5-10,12-13H,11H2,1-4H3,(H,24,25)(H,26,27). The molecule has 6 heteroatoms. The van der Waals surface area contributed by atoms with Crippen molar-refractivity contribution in [2.45, 2.75) is 27.3 Å². The van der Waals surface area contributed by atoms with Crippen LogP contribution < -0.4 is 15.4 Å². The van der Waals surface area contributed by atoms with E-state index in [0.29, 0.717) is 12.4 Å². The van der Waals surface area contributed by atoms with Gasteiger partial charge in [-0.25, -0.2) is 9.97 Å². The molecule has 6 nitrogen and oxygen atoms in total. The van der Waals surface area contributed by atoms with Crippen LogP contribution in [0.5, 0.6) is 5.75 Å². The zero-order valence-electron chi connectivity index (χ0n) is 16.5. The van der Waals surface area contributed by atoms with E-state index in [4.69, 9.17) is 4.74 Å². The summed E-state index contributed by atoms with van der Waals surface area (Å²) in [6, 6.07) is 11.9. The van der Waals surface area contributed by atoms with Crippen molar-refractivity contribution in [3.8, 4) is 5.75 Å². The molecule has 3 aromatic rings. The second kappa shape index (κ2) is 8.52. The van der Waals surface area contributed by atoms with Crippen molar-refractivity contribution in [1.82, 2.24) is 9.97 Å². The van der Waals surface area contributed by atoms with Crippen LogP contribution in [0.2, 0.25) is 0 Å². The highest BCUT2D eigenvalue weighted by Crippen LogP contribution is 2.22. The van der Waals surface area contributed by atoms with E-state index < -0.39 is 0 Å². The lowest BCUT2D eigenvalue weighted by molar-refractivity contribution is 0.102. The SMILES string of the molecule is COc1ccc(CNc2cnc(C(=O)Nc3c(C)cc(C)cc3C)cn2)cc1. The molecule has 0 unspecified atom stereocenters. The van der Waals surface area contributed by atoms with Crippen molar-refractivity contribution < 1.29 is 9.53 Å². The molecule has 2 N–H and O–H groups in total. The van der Waals surface area contributed by atoms with Gasteiger partial charge in [0, 0.05) is 12.2 Å². The van der Waals surface area contributed by atoms with Gasteiger partial charge in [0.15, 0.2) is 0 Å². The van der Waals surface area contributed by atoms with Crippen molar-refractivity contribution in [3.63, 3.8) is 0 Å². The first kappa shape index (κ1) is 19.4. The number of carbonyl (C=O) groups is 1. The fourth-order valence-corrected chi connectivity index (χ4v) is 3.03. The molecule has 3 rings (SSSR count). The number of aromatic nitrogens is 2. The Morgan fingerprint density at radius 2 is 1.68 bits per heavy atom. The lowest BCUT2D eigenvalue weighted by Gasteiger charge is -2.12. The molecule has 0 aliphatic rings. The third kappa shape index (κ3) is 4.65. The molecule has 0 aliphatic heterocycles. The number of nitrogens with zero attached hydrogens (tertiary/aromatic N) is 2. The minimum absolute atomic E-state index is 0.273. The van der Waals surface area contributed by atoms with E-state index in [-0.39, 0.29) is 11.6 Å². The molecular formula is C22H24N4O2. The van der Waals surface area contributed by atoms with Crippen molar-refractivity contribution >= 4 is 17.4 Å². The van der Waals surface area contributed by atoms with E-state index >= 15 is 0 Å². The summed E-state index contributed by atoms with van der Waals surface area (Å²) in [5.74, 6) is 1.15. The number of anilines is 2. The summed E-state index contributed by atoms with van der Waals surface area (Å²) in [6.07, 6.45) is 3.04. The van der Waals surface area contributed by atoms with Gasteiger partial charge in [0.2, 0.25) is 0 Å². The van der Waals surface area contributed by atoms with E-state index in [0.717, 1.165) is 28.1 Å². The second-order valence-corrected chi connectivity index (χ2v) is 6.72. The molecular weight excluding hydrogens is 352 g/mol. The number of rotatable bonds is 6. The Hall–Kier alpha value is -3.41. The van der Waals surface area contributed by atoms with E-state index in [1.54, 1.807) is 13.3 Å². The van der Waals surface area contributed by atoms with Gasteiger partial charge >= 0.3 is 0 Å². The molecule has 0 spiro atoms. The molecule has 0 saturated carbocycles. The van der Waals surface area contributed by atoms with Gasteiger partial charge < -0.3 is 15.4 Å². The van der Waals surface area contributed by atoms with Gasteiger partial charge in [0.05, 0.1) is 19.5 Å². The number of ether oxygens (including phenoxy) is 1. The first-order chi connectivity index (χ1) is 13.5. The van der Waals surface area contributed by atoms with Crippen LogP contribution in [0.25, 0.3) is 0 Å². The number of nitrogens with one attached hydrogen (secondary N) is 2. The fourth-order valence-electron chi connectivity index (χ4n) is 3.03.